The van der Waals surface area contributed by atoms with Crippen molar-refractivity contribution in [2.24, 2.45) is 0 Å². The molecule has 0 atom stereocenters. The minimum absolute atomic E-state index is 0.636. The number of nitrogens with zero attached hydrogens (tertiary/aromatic N) is 4. The van der Waals surface area contributed by atoms with Gasteiger partial charge in [-0.1, -0.05) is 146 Å². The summed E-state index contributed by atoms with van der Waals surface area (Å²) in [6.07, 6.45) is 0. The summed E-state index contributed by atoms with van der Waals surface area (Å²) in [6.45, 7) is 0. The molecule has 1 aromatic heterocycles. The summed E-state index contributed by atoms with van der Waals surface area (Å²) in [5, 5.41) is 11.5. The van der Waals surface area contributed by atoms with Gasteiger partial charge in [-0.3, -0.25) is 0 Å². The van der Waals surface area contributed by atoms with Crippen LogP contribution in [0.1, 0.15) is 5.56 Å². The highest BCUT2D eigenvalue weighted by atomic mass is 15.0. The second-order valence-electron chi connectivity index (χ2n) is 11.6. The maximum Gasteiger partial charge on any atom is 0.164 e. The normalized spacial score (nSPS) is 10.9. The molecule has 0 aliphatic heterocycles. The van der Waals surface area contributed by atoms with Gasteiger partial charge in [-0.05, 0) is 68.4 Å². The summed E-state index contributed by atoms with van der Waals surface area (Å²) in [4.78, 5) is 14.7. The van der Waals surface area contributed by atoms with Crippen LogP contribution in [-0.4, -0.2) is 15.0 Å². The third-order valence-electron chi connectivity index (χ3n) is 8.58. The van der Waals surface area contributed by atoms with Crippen LogP contribution in [0.25, 0.3) is 78.3 Å². The fourth-order valence-electron chi connectivity index (χ4n) is 6.07. The molecule has 8 aromatic rings. The van der Waals surface area contributed by atoms with E-state index in [1.807, 2.05) is 84.9 Å². The van der Waals surface area contributed by atoms with Crippen LogP contribution in [0.15, 0.2) is 170 Å². The SMILES string of the molecule is N#Cc1ccc(-c2ccc(-c3ccc4c(-c5cccc(-c6nc(-c7ccccc7)nc(-c7ccccc7)n6)c5)cccc4c3)cc2)cc1. The molecule has 224 valence electrons. The first-order valence-electron chi connectivity index (χ1n) is 15.8. The number of fused-ring (bicyclic) bond motifs is 1. The lowest BCUT2D eigenvalue weighted by Crippen LogP contribution is -2.00. The maximum absolute atomic E-state index is 9.11. The lowest BCUT2D eigenvalue weighted by molar-refractivity contribution is 1.07. The van der Waals surface area contributed by atoms with Gasteiger partial charge in [0.2, 0.25) is 0 Å². The van der Waals surface area contributed by atoms with Gasteiger partial charge in [0, 0.05) is 16.7 Å². The van der Waals surface area contributed by atoms with Gasteiger partial charge in [-0.2, -0.15) is 5.26 Å². The van der Waals surface area contributed by atoms with Gasteiger partial charge < -0.3 is 0 Å². The third kappa shape index (κ3) is 5.73. The van der Waals surface area contributed by atoms with Crippen LogP contribution >= 0.6 is 0 Å². The van der Waals surface area contributed by atoms with Crippen molar-refractivity contribution in [3.8, 4) is 73.6 Å². The van der Waals surface area contributed by atoms with E-state index >= 15 is 0 Å². The summed E-state index contributed by atoms with van der Waals surface area (Å²) >= 11 is 0. The Morgan fingerprint density at radius 1 is 0.354 bits per heavy atom. The van der Waals surface area contributed by atoms with E-state index in [4.69, 9.17) is 20.2 Å². The number of nitriles is 1. The summed E-state index contributed by atoms with van der Waals surface area (Å²) in [7, 11) is 0. The first-order chi connectivity index (χ1) is 23.7. The molecular weight excluding hydrogens is 585 g/mol. The van der Waals surface area contributed by atoms with Gasteiger partial charge >= 0.3 is 0 Å². The molecule has 1 heterocycles. The largest absolute Gasteiger partial charge is 0.208 e. The molecule has 8 rings (SSSR count). The topological polar surface area (TPSA) is 62.5 Å². The highest BCUT2D eigenvalue weighted by Crippen LogP contribution is 2.34. The lowest BCUT2D eigenvalue weighted by atomic mass is 9.94. The van der Waals surface area contributed by atoms with Crippen LogP contribution in [0.5, 0.6) is 0 Å². The summed E-state index contributed by atoms with van der Waals surface area (Å²) < 4.78 is 0. The van der Waals surface area contributed by atoms with Crippen LogP contribution in [-0.2, 0) is 0 Å². The van der Waals surface area contributed by atoms with E-state index < -0.39 is 0 Å². The molecule has 0 fully saturated rings. The van der Waals surface area contributed by atoms with Gasteiger partial charge in [0.15, 0.2) is 17.5 Å². The molecule has 48 heavy (non-hydrogen) atoms. The average molecular weight is 613 g/mol. The van der Waals surface area contributed by atoms with Crippen molar-refractivity contribution < 1.29 is 0 Å². The van der Waals surface area contributed by atoms with E-state index in [2.05, 4.69) is 91.0 Å². The van der Waals surface area contributed by atoms with Crippen molar-refractivity contribution in [1.82, 2.24) is 15.0 Å². The molecule has 0 spiro atoms. The fourth-order valence-corrected chi connectivity index (χ4v) is 6.07. The molecule has 4 heteroatoms. The maximum atomic E-state index is 9.11. The van der Waals surface area contributed by atoms with Crippen molar-refractivity contribution >= 4 is 10.8 Å². The number of hydrogen-bond acceptors (Lipinski definition) is 4. The van der Waals surface area contributed by atoms with Gasteiger partial charge in [0.05, 0.1) is 11.6 Å². The molecule has 0 unspecified atom stereocenters. The van der Waals surface area contributed by atoms with E-state index in [1.54, 1.807) is 0 Å². The zero-order valence-corrected chi connectivity index (χ0v) is 26.0. The minimum Gasteiger partial charge on any atom is -0.208 e. The van der Waals surface area contributed by atoms with Crippen molar-refractivity contribution in [2.45, 2.75) is 0 Å². The zero-order valence-electron chi connectivity index (χ0n) is 26.0. The van der Waals surface area contributed by atoms with Crippen molar-refractivity contribution in [3.05, 3.63) is 175 Å². The Labute approximate surface area is 279 Å². The molecule has 0 saturated carbocycles. The molecule has 0 radical (unpaired) electrons. The highest BCUT2D eigenvalue weighted by Gasteiger charge is 2.14. The van der Waals surface area contributed by atoms with Crippen LogP contribution in [0.2, 0.25) is 0 Å². The van der Waals surface area contributed by atoms with E-state index in [-0.39, 0.29) is 0 Å². The smallest absolute Gasteiger partial charge is 0.164 e. The molecule has 0 saturated heterocycles. The number of hydrogen-bond donors (Lipinski definition) is 0. The third-order valence-corrected chi connectivity index (χ3v) is 8.58. The standard InChI is InChI=1S/C44H28N4/c45-29-30-17-19-31(20-18-30)32-21-23-33(24-22-32)36-25-26-41-37(27-36)14-8-16-40(41)38-13-7-15-39(28-38)44-47-42(34-9-3-1-4-10-34)46-43(48-44)35-11-5-2-6-12-35/h1-28H. The van der Waals surface area contributed by atoms with Crippen LogP contribution < -0.4 is 0 Å². The highest BCUT2D eigenvalue weighted by molar-refractivity contribution is 5.99. The Morgan fingerprint density at radius 2 is 0.833 bits per heavy atom. The van der Waals surface area contributed by atoms with Gasteiger partial charge in [-0.25, -0.2) is 15.0 Å². The fraction of sp³-hybridized carbons (Fsp3) is 0. The first-order valence-corrected chi connectivity index (χ1v) is 15.8. The summed E-state index contributed by atoms with van der Waals surface area (Å²) in [5.41, 5.74) is 10.3. The van der Waals surface area contributed by atoms with Gasteiger partial charge in [-0.15, -0.1) is 0 Å². The number of rotatable bonds is 6. The lowest BCUT2D eigenvalue weighted by Gasteiger charge is -2.12. The van der Waals surface area contributed by atoms with E-state index in [0.717, 1.165) is 50.1 Å². The van der Waals surface area contributed by atoms with Crippen molar-refractivity contribution in [3.63, 3.8) is 0 Å². The number of aromatic nitrogens is 3. The Bertz CT molecular complexity index is 2370. The zero-order chi connectivity index (χ0) is 32.3. The Balaban J connectivity index is 1.14. The average Bonchev–Trinajstić information content (AvgIpc) is 3.18. The van der Waals surface area contributed by atoms with E-state index in [0.29, 0.717) is 23.0 Å². The molecule has 0 aliphatic rings. The van der Waals surface area contributed by atoms with E-state index in [9.17, 15) is 0 Å². The Hall–Kier alpha value is -6.70. The predicted octanol–water partition coefficient (Wildman–Crippen LogP) is 10.9. The van der Waals surface area contributed by atoms with Gasteiger partial charge in [0.1, 0.15) is 0 Å². The van der Waals surface area contributed by atoms with Crippen molar-refractivity contribution in [2.75, 3.05) is 0 Å². The number of benzene rings is 7. The molecule has 0 aliphatic carbocycles. The second-order valence-corrected chi connectivity index (χ2v) is 11.6. The van der Waals surface area contributed by atoms with Crippen molar-refractivity contribution in [1.29, 1.82) is 5.26 Å². The minimum atomic E-state index is 0.636. The molecular formula is C44H28N4. The predicted molar refractivity (Wildman–Crippen MR) is 195 cm³/mol. The molecule has 0 bridgehead atoms. The first kappa shape index (κ1) is 28.8. The summed E-state index contributed by atoms with van der Waals surface area (Å²) in [6, 6.07) is 60.1. The molecule has 7 aromatic carbocycles. The van der Waals surface area contributed by atoms with Crippen LogP contribution in [0, 0.1) is 11.3 Å². The molecule has 4 nitrogen and oxygen atoms in total. The molecule has 0 amide bonds. The van der Waals surface area contributed by atoms with E-state index in [1.165, 1.54) is 10.8 Å². The Morgan fingerprint density at radius 3 is 1.44 bits per heavy atom. The second kappa shape index (κ2) is 12.6. The quantitative estimate of drug-likeness (QED) is 0.187. The van der Waals surface area contributed by atoms with Gasteiger partial charge in [0.25, 0.3) is 0 Å². The summed E-state index contributed by atoms with van der Waals surface area (Å²) in [5.74, 6) is 1.93. The Kier molecular flexibility index (Phi) is 7.54. The van der Waals surface area contributed by atoms with Crippen LogP contribution in [0.3, 0.4) is 0 Å². The monoisotopic (exact) mass is 612 g/mol. The molecule has 0 N–H and O–H groups in total. The van der Waals surface area contributed by atoms with Crippen LogP contribution in [0.4, 0.5) is 0 Å².